The zero-order valence-electron chi connectivity index (χ0n) is 11.7. The van der Waals surface area contributed by atoms with Crippen molar-refractivity contribution >= 4 is 23.2 Å². The largest absolute Gasteiger partial charge is 0.352 e. The van der Waals surface area contributed by atoms with E-state index in [1.54, 1.807) is 13.8 Å². The quantitative estimate of drug-likeness (QED) is 0.334. The monoisotopic (exact) mass is 295 g/mol. The molecule has 0 unspecified atom stereocenters. The first-order valence-electron chi connectivity index (χ1n) is 6.18. The second-order valence-electron chi connectivity index (χ2n) is 4.51. The van der Waals surface area contributed by atoms with Gasteiger partial charge in [0.05, 0.1) is 17.0 Å². The second kappa shape index (κ2) is 7.20. The van der Waals surface area contributed by atoms with Crippen LogP contribution in [0.2, 0.25) is 0 Å². The number of carbonyl (C=O) groups is 2. The van der Waals surface area contributed by atoms with Crippen LogP contribution in [0.3, 0.4) is 0 Å². The number of amides is 2. The minimum atomic E-state index is -0.655. The van der Waals surface area contributed by atoms with Gasteiger partial charge in [0.25, 0.3) is 11.6 Å². The van der Waals surface area contributed by atoms with E-state index >= 15 is 0 Å². The van der Waals surface area contributed by atoms with Crippen LogP contribution in [0.1, 0.15) is 24.2 Å². The number of nitro groups is 1. The third-order valence-electron chi connectivity index (χ3n) is 2.49. The standard InChI is InChI=1S/C12H17N5O4/c1-7(2)15-10(18)6-14-12(19)8-4-3-5-9(17(20)21)11(8)16-13/h3-5,7,16H,6,13H2,1-2H3,(H,14,19)(H,15,18). The number of nitrogens with two attached hydrogens (primary N) is 1. The van der Waals surface area contributed by atoms with Crippen LogP contribution >= 0.6 is 0 Å². The molecule has 0 aliphatic rings. The van der Waals surface area contributed by atoms with Crippen molar-refractivity contribution in [3.63, 3.8) is 0 Å². The van der Waals surface area contributed by atoms with Crippen molar-refractivity contribution in [1.29, 1.82) is 0 Å². The summed E-state index contributed by atoms with van der Waals surface area (Å²) in [4.78, 5) is 33.6. The Labute approximate surface area is 121 Å². The molecule has 0 aliphatic heterocycles. The number of carbonyl (C=O) groups excluding carboxylic acids is 2. The van der Waals surface area contributed by atoms with Gasteiger partial charge < -0.3 is 16.1 Å². The van der Waals surface area contributed by atoms with Crippen molar-refractivity contribution in [2.75, 3.05) is 12.0 Å². The molecule has 0 aromatic heterocycles. The van der Waals surface area contributed by atoms with Crippen LogP contribution in [0, 0.1) is 10.1 Å². The van der Waals surface area contributed by atoms with Gasteiger partial charge in [-0.2, -0.15) is 0 Å². The first kappa shape index (κ1) is 16.4. The van der Waals surface area contributed by atoms with Gasteiger partial charge >= 0.3 is 0 Å². The van der Waals surface area contributed by atoms with Gasteiger partial charge in [0.15, 0.2) is 0 Å². The highest BCUT2D eigenvalue weighted by Gasteiger charge is 2.21. The molecule has 0 heterocycles. The lowest BCUT2D eigenvalue weighted by Crippen LogP contribution is -2.40. The Bertz CT molecular complexity index is 559. The molecule has 2 amide bonds. The normalized spacial score (nSPS) is 10.1. The van der Waals surface area contributed by atoms with E-state index in [-0.39, 0.29) is 35.4 Å². The topological polar surface area (TPSA) is 139 Å². The van der Waals surface area contributed by atoms with E-state index in [0.717, 1.165) is 0 Å². The van der Waals surface area contributed by atoms with E-state index in [9.17, 15) is 19.7 Å². The van der Waals surface area contributed by atoms with Crippen LogP contribution < -0.4 is 21.9 Å². The second-order valence-corrected chi connectivity index (χ2v) is 4.51. The highest BCUT2D eigenvalue weighted by molar-refractivity contribution is 6.02. The van der Waals surface area contributed by atoms with Gasteiger partial charge in [-0.3, -0.25) is 25.5 Å². The van der Waals surface area contributed by atoms with Crippen LogP contribution in [-0.4, -0.2) is 29.3 Å². The van der Waals surface area contributed by atoms with Gasteiger partial charge in [0.1, 0.15) is 5.69 Å². The zero-order valence-corrected chi connectivity index (χ0v) is 11.7. The van der Waals surface area contributed by atoms with Crippen LogP contribution in [-0.2, 0) is 4.79 Å². The number of hydrogen-bond acceptors (Lipinski definition) is 6. The fraction of sp³-hybridized carbons (Fsp3) is 0.333. The molecule has 5 N–H and O–H groups in total. The highest BCUT2D eigenvalue weighted by atomic mass is 16.6. The fourth-order valence-corrected chi connectivity index (χ4v) is 1.66. The van der Waals surface area contributed by atoms with Gasteiger partial charge in [-0.05, 0) is 19.9 Å². The van der Waals surface area contributed by atoms with E-state index in [1.807, 2.05) is 0 Å². The Kier molecular flexibility index (Phi) is 5.61. The molecule has 21 heavy (non-hydrogen) atoms. The molecule has 0 fully saturated rings. The van der Waals surface area contributed by atoms with E-state index in [0.29, 0.717) is 0 Å². The fourth-order valence-electron chi connectivity index (χ4n) is 1.66. The molecule has 1 aromatic rings. The summed E-state index contributed by atoms with van der Waals surface area (Å²) in [5.74, 6) is 4.25. The van der Waals surface area contributed by atoms with Gasteiger partial charge in [0, 0.05) is 12.1 Å². The molecule has 0 bridgehead atoms. The van der Waals surface area contributed by atoms with Crippen LogP contribution in [0.25, 0.3) is 0 Å². The number of para-hydroxylation sites is 1. The minimum absolute atomic E-state index is 0.0101. The van der Waals surface area contributed by atoms with Crippen LogP contribution in [0.15, 0.2) is 18.2 Å². The van der Waals surface area contributed by atoms with Gasteiger partial charge in [-0.15, -0.1) is 0 Å². The molecule has 0 atom stereocenters. The molecule has 0 radical (unpaired) electrons. The third-order valence-corrected chi connectivity index (χ3v) is 2.49. The van der Waals surface area contributed by atoms with Crippen molar-refractivity contribution in [2.45, 2.75) is 19.9 Å². The van der Waals surface area contributed by atoms with Crippen molar-refractivity contribution in [3.05, 3.63) is 33.9 Å². The third kappa shape index (κ3) is 4.42. The number of hydrogen-bond donors (Lipinski definition) is 4. The molecule has 9 heteroatoms. The summed E-state index contributed by atoms with van der Waals surface area (Å²) >= 11 is 0. The van der Waals surface area contributed by atoms with Gasteiger partial charge in [0.2, 0.25) is 5.91 Å². The van der Waals surface area contributed by atoms with Crippen LogP contribution in [0.5, 0.6) is 0 Å². The molecule has 114 valence electrons. The Morgan fingerprint density at radius 3 is 2.57 bits per heavy atom. The maximum absolute atomic E-state index is 12.0. The maximum Gasteiger partial charge on any atom is 0.294 e. The molecule has 0 saturated heterocycles. The lowest BCUT2D eigenvalue weighted by molar-refractivity contribution is -0.384. The SMILES string of the molecule is CC(C)NC(=O)CNC(=O)c1cccc([N+](=O)[O-])c1NN. The Morgan fingerprint density at radius 2 is 2.05 bits per heavy atom. The summed E-state index contributed by atoms with van der Waals surface area (Å²) in [7, 11) is 0. The van der Waals surface area contributed by atoms with Crippen molar-refractivity contribution in [1.82, 2.24) is 10.6 Å². The Balaban J connectivity index is 2.86. The first-order valence-corrected chi connectivity index (χ1v) is 6.18. The Hall–Kier alpha value is -2.68. The summed E-state index contributed by atoms with van der Waals surface area (Å²) in [6.45, 7) is 3.34. The lowest BCUT2D eigenvalue weighted by Gasteiger charge is -2.11. The van der Waals surface area contributed by atoms with Crippen molar-refractivity contribution < 1.29 is 14.5 Å². The molecular weight excluding hydrogens is 278 g/mol. The number of anilines is 1. The molecule has 1 rings (SSSR count). The summed E-state index contributed by atoms with van der Waals surface area (Å²) in [6.07, 6.45) is 0. The maximum atomic E-state index is 12.0. The summed E-state index contributed by atoms with van der Waals surface area (Å²) in [5, 5.41) is 15.8. The van der Waals surface area contributed by atoms with E-state index in [1.165, 1.54) is 18.2 Å². The summed E-state index contributed by atoms with van der Waals surface area (Å²) in [6, 6.07) is 3.91. The minimum Gasteiger partial charge on any atom is -0.352 e. The zero-order chi connectivity index (χ0) is 16.0. The smallest absolute Gasteiger partial charge is 0.294 e. The van der Waals surface area contributed by atoms with E-state index in [2.05, 4.69) is 16.1 Å². The number of nitrogens with zero attached hydrogens (tertiary/aromatic N) is 1. The van der Waals surface area contributed by atoms with E-state index in [4.69, 9.17) is 5.84 Å². The van der Waals surface area contributed by atoms with Crippen molar-refractivity contribution in [3.8, 4) is 0 Å². The molecule has 0 aliphatic carbocycles. The number of nitrogens with one attached hydrogen (secondary N) is 3. The van der Waals surface area contributed by atoms with Crippen molar-refractivity contribution in [2.24, 2.45) is 5.84 Å². The number of hydrazine groups is 1. The summed E-state index contributed by atoms with van der Waals surface area (Å²) < 4.78 is 0. The predicted octanol–water partition coefficient (Wildman–Crippen LogP) is 0.135. The van der Waals surface area contributed by atoms with Gasteiger partial charge in [-0.1, -0.05) is 6.07 Å². The molecule has 0 spiro atoms. The number of benzene rings is 1. The molecule has 1 aromatic carbocycles. The number of rotatable bonds is 6. The molecule has 9 nitrogen and oxygen atoms in total. The average molecular weight is 295 g/mol. The predicted molar refractivity (Wildman–Crippen MR) is 76.5 cm³/mol. The molecular formula is C12H17N5O4. The first-order chi connectivity index (χ1) is 9.86. The van der Waals surface area contributed by atoms with Gasteiger partial charge in [-0.25, -0.2) is 0 Å². The van der Waals surface area contributed by atoms with E-state index < -0.39 is 10.8 Å². The number of nitrogen functional groups attached to an aromatic ring is 1. The van der Waals surface area contributed by atoms with Crippen LogP contribution in [0.4, 0.5) is 11.4 Å². The number of nitro benzene ring substituents is 1. The average Bonchev–Trinajstić information content (AvgIpc) is 2.42. The summed E-state index contributed by atoms with van der Waals surface area (Å²) in [5.41, 5.74) is 1.70. The Morgan fingerprint density at radius 1 is 1.38 bits per heavy atom. The molecule has 0 saturated carbocycles. The lowest BCUT2D eigenvalue weighted by atomic mass is 10.1. The highest BCUT2D eigenvalue weighted by Crippen LogP contribution is 2.27.